The van der Waals surface area contributed by atoms with Crippen LogP contribution in [0.3, 0.4) is 0 Å². The largest absolute Gasteiger partial charge is 0.494 e. The predicted octanol–water partition coefficient (Wildman–Crippen LogP) is 5.01. The monoisotopic (exact) mass is 416 g/mol. The molecule has 6 nitrogen and oxygen atoms in total. The minimum absolute atomic E-state index is 0.511. The minimum atomic E-state index is 0.511. The van der Waals surface area contributed by atoms with Gasteiger partial charge in [0.15, 0.2) is 11.5 Å². The van der Waals surface area contributed by atoms with Crippen LogP contribution >= 0.6 is 0 Å². The highest BCUT2D eigenvalue weighted by atomic mass is 16.5. The van der Waals surface area contributed by atoms with E-state index in [2.05, 4.69) is 4.98 Å². The zero-order chi connectivity index (χ0) is 21.6. The number of nitrogens with zero attached hydrogens (tertiary/aromatic N) is 2. The summed E-state index contributed by atoms with van der Waals surface area (Å²) >= 11 is 0. The van der Waals surface area contributed by atoms with E-state index in [0.29, 0.717) is 30.4 Å². The zero-order valence-electron chi connectivity index (χ0n) is 17.8. The van der Waals surface area contributed by atoms with Crippen LogP contribution in [0.1, 0.15) is 12.5 Å². The number of rotatable bonds is 7. The number of pyridine rings is 1. The van der Waals surface area contributed by atoms with Gasteiger partial charge in [0.25, 0.3) is 0 Å². The number of methoxy groups -OCH3 is 2. The average molecular weight is 416 g/mol. The lowest BCUT2D eigenvalue weighted by atomic mass is 10.1. The molecule has 0 aliphatic rings. The van der Waals surface area contributed by atoms with E-state index >= 15 is 0 Å². The van der Waals surface area contributed by atoms with Crippen molar-refractivity contribution in [3.05, 3.63) is 77.9 Å². The van der Waals surface area contributed by atoms with Gasteiger partial charge in [-0.05, 0) is 55.0 Å². The van der Waals surface area contributed by atoms with Crippen LogP contribution in [0.25, 0.3) is 22.3 Å². The lowest BCUT2D eigenvalue weighted by Gasteiger charge is -2.11. The van der Waals surface area contributed by atoms with Crippen molar-refractivity contribution in [1.82, 2.24) is 4.98 Å². The Labute approximate surface area is 180 Å². The summed E-state index contributed by atoms with van der Waals surface area (Å²) < 4.78 is 22.7. The molecule has 0 fully saturated rings. The van der Waals surface area contributed by atoms with E-state index in [4.69, 9.17) is 23.6 Å². The van der Waals surface area contributed by atoms with Gasteiger partial charge in [-0.1, -0.05) is 6.07 Å². The van der Waals surface area contributed by atoms with Gasteiger partial charge in [-0.2, -0.15) is 0 Å². The summed E-state index contributed by atoms with van der Waals surface area (Å²) in [4.78, 5) is 9.03. The summed E-state index contributed by atoms with van der Waals surface area (Å²) in [5, 5.41) is 1.70. The molecule has 0 radical (unpaired) electrons. The fraction of sp³-hybridized carbons (Fsp3) is 0.200. The van der Waals surface area contributed by atoms with Crippen LogP contribution in [0.4, 0.5) is 0 Å². The molecule has 0 aliphatic carbocycles. The van der Waals surface area contributed by atoms with E-state index < -0.39 is 0 Å². The number of aromatic nitrogens is 1. The van der Waals surface area contributed by atoms with Crippen molar-refractivity contribution in [2.75, 3.05) is 20.8 Å². The summed E-state index contributed by atoms with van der Waals surface area (Å²) in [5.41, 5.74) is 2.62. The molecule has 0 saturated carbocycles. The number of hydrogen-bond acceptors (Lipinski definition) is 6. The summed E-state index contributed by atoms with van der Waals surface area (Å²) in [6.07, 6.45) is 3.57. The van der Waals surface area contributed by atoms with Gasteiger partial charge in [0.2, 0.25) is 0 Å². The summed E-state index contributed by atoms with van der Waals surface area (Å²) in [6, 6.07) is 17.3. The Kier molecular flexibility index (Phi) is 6.17. The SMILES string of the molecule is CCOc1ccc2oc(-c3ccc(OC)c(OC)c3)cc(=NCc3cccnc3)c2c1. The predicted molar refractivity (Wildman–Crippen MR) is 119 cm³/mol. The standard InChI is InChI=1S/C25H24N2O4/c1-4-30-19-8-10-22-20(13-19)21(27-16-17-6-5-11-26-15-17)14-24(31-22)18-7-9-23(28-2)25(12-18)29-3/h5-15H,4,16H2,1-3H3. The van der Waals surface area contributed by atoms with E-state index in [9.17, 15) is 0 Å². The summed E-state index contributed by atoms with van der Waals surface area (Å²) in [6.45, 7) is 3.06. The lowest BCUT2D eigenvalue weighted by Crippen LogP contribution is -2.05. The fourth-order valence-electron chi connectivity index (χ4n) is 3.34. The molecule has 2 aromatic heterocycles. The van der Waals surface area contributed by atoms with Gasteiger partial charge in [-0.3, -0.25) is 9.98 Å². The highest BCUT2D eigenvalue weighted by molar-refractivity contribution is 5.80. The van der Waals surface area contributed by atoms with Crippen LogP contribution in [-0.4, -0.2) is 25.8 Å². The first-order valence-corrected chi connectivity index (χ1v) is 10.0. The normalized spacial score (nSPS) is 11.5. The molecule has 0 N–H and O–H groups in total. The third-order valence-corrected chi connectivity index (χ3v) is 4.85. The fourth-order valence-corrected chi connectivity index (χ4v) is 3.34. The highest BCUT2D eigenvalue weighted by Gasteiger charge is 2.11. The maximum absolute atomic E-state index is 6.22. The molecule has 0 unspecified atom stereocenters. The first-order chi connectivity index (χ1) is 15.2. The van der Waals surface area contributed by atoms with Crippen molar-refractivity contribution in [2.24, 2.45) is 4.99 Å². The molecule has 4 rings (SSSR count). The average Bonchev–Trinajstić information content (AvgIpc) is 2.82. The zero-order valence-corrected chi connectivity index (χ0v) is 17.8. The van der Waals surface area contributed by atoms with Gasteiger partial charge >= 0.3 is 0 Å². The molecule has 0 bridgehead atoms. The van der Waals surface area contributed by atoms with E-state index in [1.165, 1.54) is 0 Å². The first kappa shape index (κ1) is 20.5. The van der Waals surface area contributed by atoms with Gasteiger partial charge < -0.3 is 18.6 Å². The summed E-state index contributed by atoms with van der Waals surface area (Å²) in [5.74, 6) is 2.76. The van der Waals surface area contributed by atoms with Crippen LogP contribution in [-0.2, 0) is 6.54 Å². The quantitative estimate of drug-likeness (QED) is 0.424. The molecule has 2 heterocycles. The van der Waals surface area contributed by atoms with Gasteiger partial charge in [0, 0.05) is 29.4 Å². The highest BCUT2D eigenvalue weighted by Crippen LogP contribution is 2.33. The Morgan fingerprint density at radius 1 is 0.968 bits per heavy atom. The molecule has 0 atom stereocenters. The van der Waals surface area contributed by atoms with Crippen LogP contribution in [0.15, 0.2) is 76.4 Å². The Balaban J connectivity index is 1.87. The molecule has 158 valence electrons. The van der Waals surface area contributed by atoms with E-state index in [1.54, 1.807) is 20.4 Å². The molecule has 0 saturated heterocycles. The molecule has 0 spiro atoms. The van der Waals surface area contributed by atoms with Crippen molar-refractivity contribution >= 4 is 11.0 Å². The van der Waals surface area contributed by atoms with Crippen molar-refractivity contribution in [2.45, 2.75) is 13.5 Å². The van der Waals surface area contributed by atoms with Crippen LogP contribution < -0.4 is 19.6 Å². The van der Waals surface area contributed by atoms with Crippen LogP contribution in [0, 0.1) is 0 Å². The number of hydrogen-bond donors (Lipinski definition) is 0. The molecular weight excluding hydrogens is 392 g/mol. The number of fused-ring (bicyclic) bond motifs is 1. The summed E-state index contributed by atoms with van der Waals surface area (Å²) in [7, 11) is 3.23. The second-order valence-electron chi connectivity index (χ2n) is 6.83. The molecular formula is C25H24N2O4. The van der Waals surface area contributed by atoms with Crippen molar-refractivity contribution in [3.8, 4) is 28.6 Å². The number of benzene rings is 2. The third kappa shape index (κ3) is 4.53. The molecule has 31 heavy (non-hydrogen) atoms. The van der Waals surface area contributed by atoms with Gasteiger partial charge in [0.1, 0.15) is 17.1 Å². The van der Waals surface area contributed by atoms with Crippen LogP contribution in [0.2, 0.25) is 0 Å². The van der Waals surface area contributed by atoms with Gasteiger partial charge in [0.05, 0.1) is 32.7 Å². The lowest BCUT2D eigenvalue weighted by molar-refractivity contribution is 0.340. The topological polar surface area (TPSA) is 66.1 Å². The Bertz CT molecular complexity index is 1250. The third-order valence-electron chi connectivity index (χ3n) is 4.85. The van der Waals surface area contributed by atoms with Crippen LogP contribution in [0.5, 0.6) is 17.2 Å². The van der Waals surface area contributed by atoms with E-state index in [0.717, 1.165) is 33.2 Å². The first-order valence-electron chi connectivity index (χ1n) is 10.0. The van der Waals surface area contributed by atoms with Gasteiger partial charge in [-0.25, -0.2) is 0 Å². The van der Waals surface area contributed by atoms with E-state index in [1.807, 2.05) is 67.7 Å². The second-order valence-corrected chi connectivity index (χ2v) is 6.83. The molecule has 4 aromatic rings. The molecule has 2 aromatic carbocycles. The van der Waals surface area contributed by atoms with Crippen molar-refractivity contribution in [1.29, 1.82) is 0 Å². The molecule has 0 amide bonds. The maximum atomic E-state index is 6.22. The maximum Gasteiger partial charge on any atom is 0.161 e. The van der Waals surface area contributed by atoms with Crippen molar-refractivity contribution < 1.29 is 18.6 Å². The van der Waals surface area contributed by atoms with E-state index in [-0.39, 0.29) is 0 Å². The van der Waals surface area contributed by atoms with Gasteiger partial charge in [-0.15, -0.1) is 0 Å². The van der Waals surface area contributed by atoms with Crippen molar-refractivity contribution in [3.63, 3.8) is 0 Å². The molecule has 6 heteroatoms. The second kappa shape index (κ2) is 9.34. The smallest absolute Gasteiger partial charge is 0.161 e. The molecule has 0 aliphatic heterocycles. The Morgan fingerprint density at radius 3 is 2.58 bits per heavy atom. The Hall–Kier alpha value is -3.80. The Morgan fingerprint density at radius 2 is 1.84 bits per heavy atom. The minimum Gasteiger partial charge on any atom is -0.494 e. The number of ether oxygens (including phenoxy) is 3.